The number of hydrogen-bond donors (Lipinski definition) is 0. The predicted octanol–water partition coefficient (Wildman–Crippen LogP) is 28.2. The van der Waals surface area contributed by atoms with E-state index in [4.69, 9.17) is 0 Å². The van der Waals surface area contributed by atoms with Gasteiger partial charge in [0.2, 0.25) is 0 Å². The molecule has 0 amide bonds. The second-order valence-electron chi connectivity index (χ2n) is 30.7. The van der Waals surface area contributed by atoms with E-state index in [-0.39, 0.29) is 0 Å². The van der Waals surface area contributed by atoms with Gasteiger partial charge in [-0.2, -0.15) is 0 Å². The number of nitrogens with zero attached hydrogens (tertiary/aromatic N) is 8. The normalized spacial score (nSPS) is 12.1. The van der Waals surface area contributed by atoms with Gasteiger partial charge < -0.3 is 36.5 Å². The molecule has 0 saturated carbocycles. The van der Waals surface area contributed by atoms with Crippen LogP contribution in [0.25, 0.3) is 220 Å². The highest BCUT2D eigenvalue weighted by atomic mass is 15.1. The molecule has 0 unspecified atom stereocenters. The average Bonchev–Trinajstić information content (AvgIpc) is 1.57. The summed E-state index contributed by atoms with van der Waals surface area (Å²) in [4.78, 5) is 0. The zero-order valence-electron chi connectivity index (χ0n) is 62.8. The molecule has 0 spiro atoms. The minimum Gasteiger partial charge on any atom is -0.309 e. The molecule has 0 bridgehead atoms. The molecule has 26 rings (SSSR count). The van der Waals surface area contributed by atoms with Crippen molar-refractivity contribution < 1.29 is 0 Å². The molecule has 0 aliphatic heterocycles. The summed E-state index contributed by atoms with van der Waals surface area (Å²) in [5.41, 5.74) is 28.4. The molecule has 0 radical (unpaired) electrons. The van der Waals surface area contributed by atoms with Gasteiger partial charge >= 0.3 is 0 Å². The highest BCUT2D eigenvalue weighted by Crippen LogP contribution is 2.47. The Morgan fingerprint density at radius 1 is 0.0948 bits per heavy atom. The zero-order chi connectivity index (χ0) is 75.8. The van der Waals surface area contributed by atoms with Gasteiger partial charge in [-0.25, -0.2) is 0 Å². The minimum absolute atomic E-state index is 1.12. The maximum absolute atomic E-state index is 2.48. The molecule has 0 fully saturated rings. The molecular weight excluding hydrogens is 1410 g/mol. The lowest BCUT2D eigenvalue weighted by atomic mass is 10.1. The standard InChI is InChI=1S/2C54H34N4/c1-3-15-35(16-4-1)55-47-23-11-7-19-39(47)43-33-53-45(31-51(43)55)41-21-9-13-25-49(41)57(53)37-27-29-38(30-28-37)58-50-26-14-10-22-42(50)46-32-52-44(34-54(46)58)40-20-8-12-24-48(40)56(52)36-17-5-2-6-18-36;1-3-15-35(16-4-1)55-47-23-11-7-19-39(47)43-31-33-45-41-21-9-13-25-49(41)57(53(45)51(43)55)37-27-29-38(30-28-37)58-50-26-14-10-22-42(50)46-34-32-44-40-20-8-12-24-48(40)56(52(44)54(46)58)36-17-5-2-6-18-36/h2*1-34H. The summed E-state index contributed by atoms with van der Waals surface area (Å²) in [6.07, 6.45) is 0. The first-order valence-corrected chi connectivity index (χ1v) is 39.9. The minimum atomic E-state index is 1.12. The molecule has 0 atom stereocenters. The molecule has 8 aromatic heterocycles. The summed E-state index contributed by atoms with van der Waals surface area (Å²) in [7, 11) is 0. The van der Waals surface area contributed by atoms with Crippen molar-refractivity contribution in [3.05, 3.63) is 413 Å². The first-order valence-electron chi connectivity index (χ1n) is 39.9. The number of aromatic nitrogens is 8. The Morgan fingerprint density at radius 2 is 0.241 bits per heavy atom. The second-order valence-corrected chi connectivity index (χ2v) is 30.7. The molecule has 0 N–H and O–H groups in total. The lowest BCUT2D eigenvalue weighted by Crippen LogP contribution is -2.00. The van der Waals surface area contributed by atoms with Crippen LogP contribution >= 0.6 is 0 Å². The molecule has 0 saturated heterocycles. The summed E-state index contributed by atoms with van der Waals surface area (Å²) in [5.74, 6) is 0. The van der Waals surface area contributed by atoms with Gasteiger partial charge in [0.05, 0.1) is 88.3 Å². The molecule has 18 aromatic carbocycles. The highest BCUT2D eigenvalue weighted by Gasteiger charge is 2.27. The van der Waals surface area contributed by atoms with Crippen LogP contribution in [0.5, 0.6) is 0 Å². The number of hydrogen-bond acceptors (Lipinski definition) is 0. The molecular formula is C108H68N8. The second kappa shape index (κ2) is 24.9. The Kier molecular flexibility index (Phi) is 13.8. The third-order valence-corrected chi connectivity index (χ3v) is 24.7. The van der Waals surface area contributed by atoms with Gasteiger partial charge in [0.15, 0.2) is 0 Å². The molecule has 0 aliphatic carbocycles. The van der Waals surface area contributed by atoms with Crippen LogP contribution in [0.15, 0.2) is 413 Å². The topological polar surface area (TPSA) is 39.4 Å². The molecule has 0 aliphatic rings. The first kappa shape index (κ1) is 64.1. The Morgan fingerprint density at radius 3 is 0.448 bits per heavy atom. The predicted molar refractivity (Wildman–Crippen MR) is 488 cm³/mol. The zero-order valence-corrected chi connectivity index (χ0v) is 62.8. The third kappa shape index (κ3) is 9.20. The van der Waals surface area contributed by atoms with Gasteiger partial charge in [-0.3, -0.25) is 0 Å². The van der Waals surface area contributed by atoms with E-state index in [2.05, 4.69) is 449 Å². The first-order chi connectivity index (χ1) is 57.6. The molecule has 8 heteroatoms. The molecule has 8 heterocycles. The number of rotatable bonds is 8. The third-order valence-electron chi connectivity index (χ3n) is 24.7. The maximum atomic E-state index is 2.48. The maximum Gasteiger partial charge on any atom is 0.0788 e. The Balaban J connectivity index is 0.000000130. The Bertz CT molecular complexity index is 8040. The van der Waals surface area contributed by atoms with Crippen molar-refractivity contribution >= 4 is 174 Å². The average molecular weight is 1480 g/mol. The van der Waals surface area contributed by atoms with Crippen molar-refractivity contribution in [3.63, 3.8) is 0 Å². The van der Waals surface area contributed by atoms with Crippen LogP contribution in [-0.2, 0) is 0 Å². The van der Waals surface area contributed by atoms with E-state index in [1.54, 1.807) is 0 Å². The van der Waals surface area contributed by atoms with Crippen LogP contribution in [-0.4, -0.2) is 36.5 Å². The van der Waals surface area contributed by atoms with E-state index in [9.17, 15) is 0 Å². The van der Waals surface area contributed by atoms with E-state index in [1.165, 1.54) is 186 Å². The van der Waals surface area contributed by atoms with Crippen LogP contribution in [0.1, 0.15) is 0 Å². The molecule has 26 aromatic rings. The molecule has 540 valence electrons. The fraction of sp³-hybridized carbons (Fsp3) is 0. The Labute approximate surface area is 664 Å². The highest BCUT2D eigenvalue weighted by molar-refractivity contribution is 6.27. The molecule has 116 heavy (non-hydrogen) atoms. The van der Waals surface area contributed by atoms with Crippen LogP contribution in [0.2, 0.25) is 0 Å². The summed E-state index contributed by atoms with van der Waals surface area (Å²) < 4.78 is 19.6. The Hall–Kier alpha value is -15.6. The lowest BCUT2D eigenvalue weighted by Gasteiger charge is -2.15. The number of para-hydroxylation sites is 12. The summed E-state index contributed by atoms with van der Waals surface area (Å²) >= 11 is 0. The van der Waals surface area contributed by atoms with Gasteiger partial charge in [0, 0.05) is 132 Å². The number of benzene rings is 18. The van der Waals surface area contributed by atoms with E-state index < -0.39 is 0 Å². The monoisotopic (exact) mass is 1480 g/mol. The quantitative estimate of drug-likeness (QED) is 0.145. The van der Waals surface area contributed by atoms with E-state index in [0.29, 0.717) is 0 Å². The van der Waals surface area contributed by atoms with Crippen LogP contribution in [0.3, 0.4) is 0 Å². The fourth-order valence-electron chi connectivity index (χ4n) is 19.9. The van der Waals surface area contributed by atoms with Crippen LogP contribution in [0.4, 0.5) is 0 Å². The summed E-state index contributed by atoms with van der Waals surface area (Å²) in [6.45, 7) is 0. The van der Waals surface area contributed by atoms with Crippen molar-refractivity contribution in [1.29, 1.82) is 0 Å². The summed E-state index contributed by atoms with van der Waals surface area (Å²) in [6, 6.07) is 151. The largest absolute Gasteiger partial charge is 0.309 e. The van der Waals surface area contributed by atoms with Crippen molar-refractivity contribution in [2.75, 3.05) is 0 Å². The van der Waals surface area contributed by atoms with Gasteiger partial charge in [-0.05, 0) is 170 Å². The van der Waals surface area contributed by atoms with Gasteiger partial charge in [-0.15, -0.1) is 0 Å². The lowest BCUT2D eigenvalue weighted by molar-refractivity contribution is 1.13. The number of fused-ring (bicyclic) bond motifs is 26. The van der Waals surface area contributed by atoms with E-state index in [0.717, 1.165) is 34.1 Å². The van der Waals surface area contributed by atoms with Gasteiger partial charge in [0.25, 0.3) is 0 Å². The van der Waals surface area contributed by atoms with Crippen LogP contribution < -0.4 is 0 Å². The van der Waals surface area contributed by atoms with Crippen LogP contribution in [0, 0.1) is 0 Å². The van der Waals surface area contributed by atoms with Gasteiger partial charge in [0.1, 0.15) is 0 Å². The fourth-order valence-corrected chi connectivity index (χ4v) is 19.9. The van der Waals surface area contributed by atoms with Crippen molar-refractivity contribution in [2.24, 2.45) is 0 Å². The SMILES string of the molecule is c1ccc(-n2c3ccccc3c3cc4c(cc32)c2ccccc2n4-c2ccc(-n3c4ccccc4c4cc5c(cc43)c3ccccc3n5-c3ccccc3)cc2)cc1.c1ccc(-n2c3ccccc3c3ccc4c5ccccc5n(-c5ccc(-n6c7ccccc7c7ccc8c9ccccc9n(-c9ccccc9)c8c76)cc5)c4c32)cc1. The van der Waals surface area contributed by atoms with E-state index >= 15 is 0 Å². The van der Waals surface area contributed by atoms with Crippen molar-refractivity contribution in [2.45, 2.75) is 0 Å². The van der Waals surface area contributed by atoms with Crippen molar-refractivity contribution in [1.82, 2.24) is 36.5 Å². The van der Waals surface area contributed by atoms with Gasteiger partial charge in [-0.1, -0.05) is 243 Å². The smallest absolute Gasteiger partial charge is 0.0788 e. The van der Waals surface area contributed by atoms with E-state index in [1.807, 2.05) is 0 Å². The molecule has 8 nitrogen and oxygen atoms in total. The summed E-state index contributed by atoms with van der Waals surface area (Å²) in [5, 5.41) is 19.9. The van der Waals surface area contributed by atoms with Crippen molar-refractivity contribution in [3.8, 4) is 45.5 Å².